The summed E-state index contributed by atoms with van der Waals surface area (Å²) in [5.74, 6) is -0.997. The standard InChI is InChI=1S/C55H102O15P2/c1-3-5-7-9-11-13-15-17-19-21-23-24-26-28-30-32-34-36-38-40-42-44-55(60)66-46-52(57)48-68-72(63,64)70-50-53(58)49-69-71(61,62)67-47-51(56)45-65-54(59)43-41-39-37-35-33-31-29-27-25-22-20-18-16-14-12-10-8-6-4-2/h11-14,17-20,51-53,56-58H,3-10,15-16,21-50H2,1-2H3,(H,61,62)(H,63,64)/b13-11-,14-12-,19-17-,20-18-. The van der Waals surface area contributed by atoms with Gasteiger partial charge in [0.15, 0.2) is 0 Å². The molecule has 5 unspecified atom stereocenters. The van der Waals surface area contributed by atoms with Gasteiger partial charge in [0.05, 0.1) is 26.4 Å². The second kappa shape index (κ2) is 51.1. The van der Waals surface area contributed by atoms with Crippen molar-refractivity contribution >= 4 is 27.6 Å². The number of phosphoric ester groups is 2. The fourth-order valence-corrected chi connectivity index (χ4v) is 8.98. The molecule has 0 rings (SSSR count). The predicted molar refractivity (Wildman–Crippen MR) is 288 cm³/mol. The van der Waals surface area contributed by atoms with Crippen molar-refractivity contribution in [2.45, 2.75) is 250 Å². The quantitative estimate of drug-likeness (QED) is 0.0165. The van der Waals surface area contributed by atoms with E-state index >= 15 is 0 Å². The van der Waals surface area contributed by atoms with Gasteiger partial charge < -0.3 is 34.6 Å². The minimum atomic E-state index is -4.79. The van der Waals surface area contributed by atoms with Gasteiger partial charge in [-0.15, -0.1) is 0 Å². The Labute approximate surface area is 436 Å². The first-order valence-corrected chi connectivity index (χ1v) is 31.0. The monoisotopic (exact) mass is 1060 g/mol. The van der Waals surface area contributed by atoms with Gasteiger partial charge in [0.1, 0.15) is 31.5 Å². The Morgan fingerprint density at radius 2 is 0.597 bits per heavy atom. The van der Waals surface area contributed by atoms with Crippen LogP contribution in [0.15, 0.2) is 48.6 Å². The van der Waals surface area contributed by atoms with Gasteiger partial charge in [-0.3, -0.25) is 27.7 Å². The zero-order valence-corrected chi connectivity index (χ0v) is 46.6. The lowest BCUT2D eigenvalue weighted by atomic mass is 10.0. The van der Waals surface area contributed by atoms with E-state index in [2.05, 4.69) is 71.5 Å². The van der Waals surface area contributed by atoms with Crippen molar-refractivity contribution in [3.05, 3.63) is 48.6 Å². The third kappa shape index (κ3) is 52.8. The van der Waals surface area contributed by atoms with Gasteiger partial charge in [0, 0.05) is 12.8 Å². The van der Waals surface area contributed by atoms with Crippen LogP contribution in [0.5, 0.6) is 0 Å². The second-order valence-electron chi connectivity index (χ2n) is 18.9. The smallest absolute Gasteiger partial charge is 0.463 e. The fourth-order valence-electron chi connectivity index (χ4n) is 7.39. The maximum atomic E-state index is 12.2. The number of allylic oxidation sites excluding steroid dienone is 8. The van der Waals surface area contributed by atoms with Crippen LogP contribution in [0.25, 0.3) is 0 Å². The van der Waals surface area contributed by atoms with E-state index < -0.39 is 85.5 Å². The third-order valence-electron chi connectivity index (χ3n) is 11.8. The lowest BCUT2D eigenvalue weighted by Crippen LogP contribution is -2.25. The number of rotatable bonds is 54. The van der Waals surface area contributed by atoms with Gasteiger partial charge in [-0.25, -0.2) is 9.13 Å². The summed E-state index contributed by atoms with van der Waals surface area (Å²) in [6.07, 6.45) is 50.8. The van der Waals surface area contributed by atoms with Crippen molar-refractivity contribution in [2.24, 2.45) is 0 Å². The molecule has 72 heavy (non-hydrogen) atoms. The zero-order chi connectivity index (χ0) is 53.1. The van der Waals surface area contributed by atoms with Crippen LogP contribution in [0.3, 0.4) is 0 Å². The van der Waals surface area contributed by atoms with Crippen molar-refractivity contribution in [3.63, 3.8) is 0 Å². The number of aliphatic hydroxyl groups excluding tert-OH is 3. The normalized spacial score (nSPS) is 15.2. The molecule has 17 heteroatoms. The predicted octanol–water partition coefficient (Wildman–Crippen LogP) is 14.0. The largest absolute Gasteiger partial charge is 0.472 e. The maximum absolute atomic E-state index is 12.2. The molecular weight excluding hydrogens is 963 g/mol. The van der Waals surface area contributed by atoms with Gasteiger partial charge in [-0.1, -0.05) is 191 Å². The van der Waals surface area contributed by atoms with E-state index in [9.17, 15) is 43.8 Å². The Morgan fingerprint density at radius 1 is 0.361 bits per heavy atom. The van der Waals surface area contributed by atoms with Crippen LogP contribution in [-0.2, 0) is 46.3 Å². The summed E-state index contributed by atoms with van der Waals surface area (Å²) in [4.78, 5) is 43.9. The molecule has 0 aliphatic rings. The molecule has 0 fully saturated rings. The minimum Gasteiger partial charge on any atom is -0.463 e. The van der Waals surface area contributed by atoms with E-state index in [1.807, 2.05) is 0 Å². The first-order chi connectivity index (χ1) is 34.8. The summed E-state index contributed by atoms with van der Waals surface area (Å²) in [7, 11) is -9.58. The lowest BCUT2D eigenvalue weighted by Gasteiger charge is -2.19. The Kier molecular flexibility index (Phi) is 49.7. The number of esters is 2. The third-order valence-corrected chi connectivity index (χ3v) is 13.7. The zero-order valence-electron chi connectivity index (χ0n) is 44.8. The van der Waals surface area contributed by atoms with E-state index in [0.717, 1.165) is 64.2 Å². The molecule has 0 amide bonds. The van der Waals surface area contributed by atoms with E-state index in [4.69, 9.17) is 18.5 Å². The second-order valence-corrected chi connectivity index (χ2v) is 21.9. The van der Waals surface area contributed by atoms with Crippen molar-refractivity contribution in [1.82, 2.24) is 0 Å². The molecule has 5 atom stereocenters. The molecule has 0 spiro atoms. The van der Waals surface area contributed by atoms with Crippen molar-refractivity contribution in [3.8, 4) is 0 Å². The highest BCUT2D eigenvalue weighted by molar-refractivity contribution is 7.47. The molecule has 15 nitrogen and oxygen atoms in total. The topological polar surface area (TPSA) is 225 Å². The van der Waals surface area contributed by atoms with Gasteiger partial charge >= 0.3 is 27.6 Å². The van der Waals surface area contributed by atoms with Crippen LogP contribution < -0.4 is 0 Å². The Balaban J connectivity index is 3.82. The van der Waals surface area contributed by atoms with Crippen LogP contribution in [0.4, 0.5) is 0 Å². The molecule has 0 saturated carbocycles. The molecule has 0 aromatic carbocycles. The highest BCUT2D eigenvalue weighted by Gasteiger charge is 2.28. The average Bonchev–Trinajstić information content (AvgIpc) is 3.36. The average molecular weight is 1070 g/mol. The number of hydrogen-bond acceptors (Lipinski definition) is 13. The van der Waals surface area contributed by atoms with Gasteiger partial charge in [-0.2, -0.15) is 0 Å². The number of unbranched alkanes of at least 4 members (excludes halogenated alkanes) is 26. The van der Waals surface area contributed by atoms with Crippen molar-refractivity contribution < 1.29 is 71.4 Å². The Morgan fingerprint density at radius 3 is 0.875 bits per heavy atom. The maximum Gasteiger partial charge on any atom is 0.472 e. The van der Waals surface area contributed by atoms with E-state index in [-0.39, 0.29) is 12.8 Å². The molecule has 422 valence electrons. The van der Waals surface area contributed by atoms with Crippen LogP contribution >= 0.6 is 15.6 Å². The number of aliphatic hydroxyl groups is 3. The number of ether oxygens (including phenoxy) is 2. The molecule has 5 N–H and O–H groups in total. The van der Waals surface area contributed by atoms with E-state index in [1.165, 1.54) is 128 Å². The van der Waals surface area contributed by atoms with Gasteiger partial charge in [0.2, 0.25) is 0 Å². The number of phosphoric acid groups is 2. The number of carbonyl (C=O) groups excluding carboxylic acids is 2. The molecule has 0 aromatic heterocycles. The Hall–Kier alpha value is -2.00. The van der Waals surface area contributed by atoms with Crippen LogP contribution in [0.2, 0.25) is 0 Å². The fraction of sp³-hybridized carbons (Fsp3) is 0.818. The SMILES string of the molecule is CCCCC/C=C\C/C=C\CCCCCCCCCCCCCC(=O)OCC(O)COP(=O)(O)OCC(O)COP(=O)(O)OCC(O)COC(=O)CCCCCCCCCCC/C=C\C/C=C\CCCCC. The molecule has 0 radical (unpaired) electrons. The van der Waals surface area contributed by atoms with Crippen molar-refractivity contribution in [1.29, 1.82) is 0 Å². The molecule has 0 aliphatic heterocycles. The molecule has 0 bridgehead atoms. The summed E-state index contributed by atoms with van der Waals surface area (Å²) in [5, 5.41) is 30.1. The highest BCUT2D eigenvalue weighted by atomic mass is 31.2. The number of carbonyl (C=O) groups is 2. The van der Waals surface area contributed by atoms with Gasteiger partial charge in [-0.05, 0) is 77.0 Å². The molecule has 0 aliphatic carbocycles. The van der Waals surface area contributed by atoms with Crippen LogP contribution in [-0.4, -0.2) is 95.0 Å². The van der Waals surface area contributed by atoms with E-state index in [1.54, 1.807) is 0 Å². The first kappa shape index (κ1) is 70.0. The summed E-state index contributed by atoms with van der Waals surface area (Å²) in [5.41, 5.74) is 0. The van der Waals surface area contributed by atoms with Crippen LogP contribution in [0.1, 0.15) is 232 Å². The first-order valence-electron chi connectivity index (χ1n) is 28.0. The Bertz CT molecular complexity index is 1470. The van der Waals surface area contributed by atoms with Crippen LogP contribution in [0, 0.1) is 0 Å². The lowest BCUT2D eigenvalue weighted by molar-refractivity contribution is -0.148. The van der Waals surface area contributed by atoms with E-state index in [0.29, 0.717) is 12.8 Å². The van der Waals surface area contributed by atoms with Crippen molar-refractivity contribution in [2.75, 3.05) is 39.6 Å². The summed E-state index contributed by atoms with van der Waals surface area (Å²) < 4.78 is 53.2. The molecular formula is C55H102O15P2. The number of hydrogen-bond donors (Lipinski definition) is 5. The molecule has 0 aromatic rings. The van der Waals surface area contributed by atoms with Gasteiger partial charge in [0.25, 0.3) is 0 Å². The molecule has 0 saturated heterocycles. The summed E-state index contributed by atoms with van der Waals surface area (Å²) in [6, 6.07) is 0. The summed E-state index contributed by atoms with van der Waals surface area (Å²) >= 11 is 0. The summed E-state index contributed by atoms with van der Waals surface area (Å²) in [6.45, 7) is 0.404. The highest BCUT2D eigenvalue weighted by Crippen LogP contribution is 2.45. The molecule has 0 heterocycles. The minimum absolute atomic E-state index is 0.192.